The van der Waals surface area contributed by atoms with Crippen molar-refractivity contribution in [2.24, 2.45) is 0 Å². The van der Waals surface area contributed by atoms with Crippen molar-refractivity contribution in [1.29, 1.82) is 0 Å². The molecule has 2 nitrogen and oxygen atoms in total. The van der Waals surface area contributed by atoms with Gasteiger partial charge in [-0.2, -0.15) is 0 Å². The molecular weight excluding hydrogens is 191 g/mol. The first kappa shape index (κ1) is 6.94. The average molecular weight is 199 g/mol. The van der Waals surface area contributed by atoms with E-state index in [1.807, 2.05) is 0 Å². The van der Waals surface area contributed by atoms with Gasteiger partial charge in [0.1, 0.15) is 0 Å². The Labute approximate surface area is 58.4 Å². The lowest BCUT2D eigenvalue weighted by Gasteiger charge is -2.03. The molecule has 1 saturated heterocycles. The first-order valence-electron chi connectivity index (χ1n) is 2.50. The maximum Gasteiger partial charge on any atom is 0.162 e. The quantitative estimate of drug-likeness (QED) is 0.625. The van der Waals surface area contributed by atoms with E-state index < -0.39 is 0 Å². The predicted molar refractivity (Wildman–Crippen MR) is 37.8 cm³/mol. The lowest BCUT2D eigenvalue weighted by molar-refractivity contribution is -0.0217. The average Bonchev–Trinajstić information content (AvgIpc) is 2.19. The fourth-order valence-electron chi connectivity index (χ4n) is 0.588. The Morgan fingerprint density at radius 2 is 2.12 bits per heavy atom. The van der Waals surface area contributed by atoms with Crippen molar-refractivity contribution in [1.82, 2.24) is 0 Å². The first-order chi connectivity index (χ1) is 3.93. The van der Waals surface area contributed by atoms with E-state index in [1.54, 1.807) is 0 Å². The normalized spacial score (nSPS) is 23.6. The van der Waals surface area contributed by atoms with Crippen molar-refractivity contribution in [3.8, 4) is 0 Å². The number of hydrogen-bond acceptors (Lipinski definition) is 2. The minimum atomic E-state index is 0.0766. The summed E-state index contributed by atoms with van der Waals surface area (Å²) in [7, 11) is 0.754. The molecule has 0 aliphatic carbocycles. The Balaban J connectivity index is 2.06. The van der Waals surface area contributed by atoms with Crippen molar-refractivity contribution in [3.63, 3.8) is 0 Å². The topological polar surface area (TPSA) is 18.5 Å². The minimum Gasteiger partial charge on any atom is -0.350 e. The molecule has 1 atom stereocenters. The Morgan fingerprint density at radius 3 is 2.62 bits per heavy atom. The van der Waals surface area contributed by atoms with Crippen LogP contribution < -0.4 is 0 Å². The van der Waals surface area contributed by atoms with Gasteiger partial charge in [-0.15, -0.1) is 0 Å². The van der Waals surface area contributed by atoms with Crippen LogP contribution in [-0.4, -0.2) is 25.7 Å². The first-order valence-corrected chi connectivity index (χ1v) is 5.96. The van der Waals surface area contributed by atoms with Crippen LogP contribution in [0, 0.1) is 0 Å². The van der Waals surface area contributed by atoms with Gasteiger partial charge in [-0.25, -0.2) is 0 Å². The van der Waals surface area contributed by atoms with Crippen LogP contribution in [-0.2, 0) is 9.47 Å². The van der Waals surface area contributed by atoms with Crippen LogP contribution in [0.1, 0.15) is 0 Å². The summed E-state index contributed by atoms with van der Waals surface area (Å²) in [6.07, 6.45) is 1.06. The van der Waals surface area contributed by atoms with Crippen LogP contribution in [0.4, 0.5) is 0 Å². The van der Waals surface area contributed by atoms with Crippen LogP contribution >= 0.6 is 22.8 Å². The summed E-state index contributed by atoms with van der Waals surface area (Å²) in [6.45, 7) is 1.53. The monoisotopic (exact) mass is 198 g/mol. The second-order valence-electron chi connectivity index (χ2n) is 1.51. The van der Waals surface area contributed by atoms with Crippen molar-refractivity contribution >= 4 is 22.8 Å². The van der Waals surface area contributed by atoms with E-state index in [-0.39, 0.29) is 6.29 Å². The van der Waals surface area contributed by atoms with E-state index in [9.17, 15) is 0 Å². The molecule has 0 saturated carbocycles. The number of halogens is 1. The Kier molecular flexibility index (Phi) is 3.28. The van der Waals surface area contributed by atoms with E-state index in [0.717, 1.165) is 26.7 Å². The summed E-state index contributed by atoms with van der Waals surface area (Å²) in [5.74, 6) is 0. The summed E-state index contributed by atoms with van der Waals surface area (Å²) in [6, 6.07) is 0. The highest BCUT2D eigenvalue weighted by atomic mass is 79.9. The SMILES string of the molecule is BrPCC1OCCO1. The van der Waals surface area contributed by atoms with Crippen LogP contribution in [0.25, 0.3) is 0 Å². The van der Waals surface area contributed by atoms with Gasteiger partial charge in [0.05, 0.1) is 13.2 Å². The van der Waals surface area contributed by atoms with Crippen molar-refractivity contribution in [2.75, 3.05) is 19.4 Å². The highest BCUT2D eigenvalue weighted by Gasteiger charge is 2.13. The lowest BCUT2D eigenvalue weighted by atomic mass is 10.8. The fourth-order valence-corrected chi connectivity index (χ4v) is 1.74. The molecule has 1 aliphatic rings. The zero-order chi connectivity index (χ0) is 5.82. The molecule has 0 radical (unpaired) electrons. The largest absolute Gasteiger partial charge is 0.350 e. The van der Waals surface area contributed by atoms with Gasteiger partial charge in [0.2, 0.25) is 0 Å². The second-order valence-corrected chi connectivity index (χ2v) is 3.87. The maximum atomic E-state index is 5.15. The highest BCUT2D eigenvalue weighted by Crippen LogP contribution is 2.23. The van der Waals surface area contributed by atoms with Gasteiger partial charge in [-0.1, -0.05) is 15.5 Å². The van der Waals surface area contributed by atoms with Crippen molar-refractivity contribution in [3.05, 3.63) is 0 Å². The molecule has 1 fully saturated rings. The third-order valence-corrected chi connectivity index (χ3v) is 2.39. The summed E-state index contributed by atoms with van der Waals surface area (Å²) in [4.78, 5) is 0. The second kappa shape index (κ2) is 3.78. The summed E-state index contributed by atoms with van der Waals surface area (Å²) < 4.78 is 10.3. The van der Waals surface area contributed by atoms with Gasteiger partial charge in [-0.05, 0) is 7.28 Å². The molecular formula is C4H8BrO2P. The van der Waals surface area contributed by atoms with Crippen molar-refractivity contribution < 1.29 is 9.47 Å². The molecule has 0 spiro atoms. The standard InChI is InChI=1S/C4H8BrO2P/c5-8-3-4-6-1-2-7-4/h4,8H,1-3H2. The van der Waals surface area contributed by atoms with Gasteiger partial charge < -0.3 is 9.47 Å². The van der Waals surface area contributed by atoms with Gasteiger partial charge in [0, 0.05) is 6.16 Å². The summed E-state index contributed by atoms with van der Waals surface area (Å²) in [5.41, 5.74) is 0. The lowest BCUT2D eigenvalue weighted by Crippen LogP contribution is -2.08. The third kappa shape index (κ3) is 1.98. The van der Waals surface area contributed by atoms with Crippen LogP contribution in [0.3, 0.4) is 0 Å². The molecule has 1 aliphatic heterocycles. The molecule has 0 aromatic carbocycles. The zero-order valence-electron chi connectivity index (χ0n) is 4.39. The fraction of sp³-hybridized carbons (Fsp3) is 1.00. The molecule has 1 heterocycles. The molecule has 0 amide bonds. The molecule has 4 heteroatoms. The smallest absolute Gasteiger partial charge is 0.162 e. The molecule has 8 heavy (non-hydrogen) atoms. The van der Waals surface area contributed by atoms with E-state index in [4.69, 9.17) is 9.47 Å². The number of rotatable bonds is 2. The van der Waals surface area contributed by atoms with E-state index >= 15 is 0 Å². The summed E-state index contributed by atoms with van der Waals surface area (Å²) >= 11 is 3.33. The van der Waals surface area contributed by atoms with Gasteiger partial charge in [-0.3, -0.25) is 0 Å². The van der Waals surface area contributed by atoms with Gasteiger partial charge in [0.15, 0.2) is 6.29 Å². The van der Waals surface area contributed by atoms with Gasteiger partial charge >= 0.3 is 0 Å². The number of hydrogen-bond donors (Lipinski definition) is 0. The highest BCUT2D eigenvalue weighted by molar-refractivity contribution is 9.36. The zero-order valence-corrected chi connectivity index (χ0v) is 6.98. The Bertz CT molecular complexity index is 65.1. The Morgan fingerprint density at radius 1 is 1.50 bits per heavy atom. The van der Waals surface area contributed by atoms with Crippen LogP contribution in [0.15, 0.2) is 0 Å². The molecule has 0 aromatic rings. The van der Waals surface area contributed by atoms with E-state index in [1.165, 1.54) is 0 Å². The molecule has 0 bridgehead atoms. The third-order valence-electron chi connectivity index (χ3n) is 0.935. The van der Waals surface area contributed by atoms with Crippen LogP contribution in [0.5, 0.6) is 0 Å². The van der Waals surface area contributed by atoms with Crippen molar-refractivity contribution in [2.45, 2.75) is 6.29 Å². The number of ether oxygens (including phenoxy) is 2. The van der Waals surface area contributed by atoms with Crippen LogP contribution in [0.2, 0.25) is 0 Å². The molecule has 0 aromatic heterocycles. The molecule has 48 valence electrons. The molecule has 1 unspecified atom stereocenters. The summed E-state index contributed by atoms with van der Waals surface area (Å²) in [5, 5.41) is 0. The van der Waals surface area contributed by atoms with E-state index in [2.05, 4.69) is 15.5 Å². The molecule has 1 rings (SSSR count). The Hall–Kier alpha value is 0.830. The van der Waals surface area contributed by atoms with Gasteiger partial charge in [0.25, 0.3) is 0 Å². The minimum absolute atomic E-state index is 0.0766. The molecule has 0 N–H and O–H groups in total. The maximum absolute atomic E-state index is 5.15. The van der Waals surface area contributed by atoms with E-state index in [0.29, 0.717) is 0 Å². The predicted octanol–water partition coefficient (Wildman–Crippen LogP) is 1.35.